The van der Waals surface area contributed by atoms with Gasteiger partial charge in [0, 0.05) is 6.07 Å². The van der Waals surface area contributed by atoms with Crippen molar-refractivity contribution in [2.75, 3.05) is 0 Å². The van der Waals surface area contributed by atoms with E-state index in [4.69, 9.17) is 0 Å². The van der Waals surface area contributed by atoms with E-state index in [-0.39, 0.29) is 5.63 Å². The molecule has 0 spiro atoms. The van der Waals surface area contributed by atoms with E-state index in [1.54, 1.807) is 18.5 Å². The lowest BCUT2D eigenvalue weighted by atomic mass is 10.3. The average Bonchev–Trinajstić information content (AvgIpc) is 2.79. The van der Waals surface area contributed by atoms with Crippen LogP contribution in [0.5, 0.6) is 0 Å². The molecular formula is C12H10N2O2. The Balaban J connectivity index is 0.000000125. The molecule has 0 aliphatic heterocycles. The third kappa shape index (κ3) is 2.57. The van der Waals surface area contributed by atoms with Gasteiger partial charge in [0.05, 0.1) is 23.6 Å². The lowest BCUT2D eigenvalue weighted by Crippen LogP contribution is -1.90. The number of para-hydroxylation sites is 2. The molecule has 3 rings (SSSR count). The molecule has 2 aromatic heterocycles. The monoisotopic (exact) mass is 214 g/mol. The molecular weight excluding hydrogens is 204 g/mol. The summed E-state index contributed by atoms with van der Waals surface area (Å²) in [5.74, 6) is 0. The Labute approximate surface area is 91.6 Å². The summed E-state index contributed by atoms with van der Waals surface area (Å²) in [6.45, 7) is 0. The van der Waals surface area contributed by atoms with Gasteiger partial charge in [0.1, 0.15) is 0 Å². The Bertz CT molecular complexity index is 565. The zero-order valence-electron chi connectivity index (χ0n) is 8.46. The van der Waals surface area contributed by atoms with E-state index in [1.165, 1.54) is 12.3 Å². The Hall–Kier alpha value is -2.36. The number of rotatable bonds is 0. The fourth-order valence-electron chi connectivity index (χ4n) is 1.20. The van der Waals surface area contributed by atoms with E-state index in [0.29, 0.717) is 0 Å². The summed E-state index contributed by atoms with van der Waals surface area (Å²) in [5, 5.41) is 0. The molecule has 2 heterocycles. The zero-order valence-corrected chi connectivity index (χ0v) is 8.46. The van der Waals surface area contributed by atoms with Crippen LogP contribution in [0.2, 0.25) is 0 Å². The molecule has 3 aromatic rings. The molecule has 0 atom stereocenters. The molecule has 0 fully saturated rings. The van der Waals surface area contributed by atoms with Gasteiger partial charge in [-0.1, -0.05) is 18.2 Å². The summed E-state index contributed by atoms with van der Waals surface area (Å²) in [6.07, 6.45) is 3.05. The summed E-state index contributed by atoms with van der Waals surface area (Å²) >= 11 is 0. The largest absolute Gasteiger partial charge is 0.431 e. The molecule has 0 saturated carbocycles. The van der Waals surface area contributed by atoms with Crippen molar-refractivity contribution in [3.63, 3.8) is 0 Å². The Kier molecular flexibility index (Phi) is 3.13. The molecule has 0 unspecified atom stereocenters. The van der Waals surface area contributed by atoms with Crippen LogP contribution in [-0.2, 0) is 0 Å². The van der Waals surface area contributed by atoms with Crippen LogP contribution in [0.3, 0.4) is 0 Å². The number of aromatic nitrogens is 2. The van der Waals surface area contributed by atoms with Crippen LogP contribution >= 0.6 is 0 Å². The summed E-state index contributed by atoms with van der Waals surface area (Å²) in [6, 6.07) is 12.6. The van der Waals surface area contributed by atoms with Crippen LogP contribution in [0.1, 0.15) is 0 Å². The van der Waals surface area contributed by atoms with Crippen LogP contribution < -0.4 is 5.63 Å². The van der Waals surface area contributed by atoms with Crippen molar-refractivity contribution in [3.05, 3.63) is 65.5 Å². The highest BCUT2D eigenvalue weighted by molar-refractivity contribution is 5.73. The van der Waals surface area contributed by atoms with Gasteiger partial charge in [0.15, 0.2) is 0 Å². The number of aromatic amines is 1. The van der Waals surface area contributed by atoms with Crippen molar-refractivity contribution in [2.45, 2.75) is 0 Å². The first-order valence-electron chi connectivity index (χ1n) is 4.78. The second-order valence-corrected chi connectivity index (χ2v) is 3.04. The molecule has 0 aliphatic carbocycles. The highest BCUT2D eigenvalue weighted by Gasteiger charge is 1.88. The van der Waals surface area contributed by atoms with E-state index in [2.05, 4.69) is 14.4 Å². The third-order valence-electron chi connectivity index (χ3n) is 1.93. The molecule has 16 heavy (non-hydrogen) atoms. The van der Waals surface area contributed by atoms with Crippen LogP contribution in [0.25, 0.3) is 11.0 Å². The van der Waals surface area contributed by atoms with Crippen molar-refractivity contribution in [1.29, 1.82) is 0 Å². The minimum Gasteiger partial charge on any atom is -0.431 e. The number of nitrogens with one attached hydrogen (secondary N) is 1. The standard InChI is InChI=1S/C7H6N2.C5H4O2/c1-2-4-7-6(3-1)8-5-9-7;6-5-3-1-2-4-7-5/h1-5H,(H,8,9);1-4H. The number of H-pyrrole nitrogens is 1. The fourth-order valence-corrected chi connectivity index (χ4v) is 1.20. The van der Waals surface area contributed by atoms with Gasteiger partial charge in [-0.05, 0) is 18.2 Å². The van der Waals surface area contributed by atoms with Gasteiger partial charge < -0.3 is 9.40 Å². The van der Waals surface area contributed by atoms with Crippen molar-refractivity contribution < 1.29 is 4.42 Å². The molecule has 4 heteroatoms. The van der Waals surface area contributed by atoms with E-state index in [0.717, 1.165) is 11.0 Å². The first-order valence-corrected chi connectivity index (χ1v) is 4.78. The van der Waals surface area contributed by atoms with Crippen LogP contribution in [0.4, 0.5) is 0 Å². The Morgan fingerprint density at radius 2 is 1.88 bits per heavy atom. The predicted octanol–water partition coefficient (Wildman–Crippen LogP) is 2.20. The minimum absolute atomic E-state index is 0.303. The number of hydrogen-bond donors (Lipinski definition) is 1. The average molecular weight is 214 g/mol. The lowest BCUT2D eigenvalue weighted by molar-refractivity contribution is 0.511. The second-order valence-electron chi connectivity index (χ2n) is 3.04. The van der Waals surface area contributed by atoms with Gasteiger partial charge in [-0.3, -0.25) is 0 Å². The molecule has 1 N–H and O–H groups in total. The molecule has 80 valence electrons. The maximum atomic E-state index is 10.1. The smallest absolute Gasteiger partial charge is 0.335 e. The molecule has 0 amide bonds. The molecule has 1 aromatic carbocycles. The number of nitrogens with zero attached hydrogens (tertiary/aromatic N) is 1. The Morgan fingerprint density at radius 1 is 1.06 bits per heavy atom. The van der Waals surface area contributed by atoms with Crippen LogP contribution in [-0.4, -0.2) is 9.97 Å². The van der Waals surface area contributed by atoms with Gasteiger partial charge >= 0.3 is 5.63 Å². The topological polar surface area (TPSA) is 58.9 Å². The van der Waals surface area contributed by atoms with Gasteiger partial charge in [-0.25, -0.2) is 9.78 Å². The van der Waals surface area contributed by atoms with Crippen LogP contribution in [0.15, 0.2) is 64.3 Å². The number of fused-ring (bicyclic) bond motifs is 1. The number of hydrogen-bond acceptors (Lipinski definition) is 3. The van der Waals surface area contributed by atoms with Gasteiger partial charge in [0.2, 0.25) is 0 Å². The van der Waals surface area contributed by atoms with E-state index in [1.807, 2.05) is 24.3 Å². The van der Waals surface area contributed by atoms with E-state index < -0.39 is 0 Å². The SMILES string of the molecule is O=c1cccco1.c1ccc2[nH]cnc2c1. The first kappa shape index (κ1) is 10.2. The van der Waals surface area contributed by atoms with Crippen molar-refractivity contribution in [1.82, 2.24) is 9.97 Å². The Morgan fingerprint density at radius 3 is 2.50 bits per heavy atom. The predicted molar refractivity (Wildman–Crippen MR) is 61.1 cm³/mol. The molecule has 0 radical (unpaired) electrons. The van der Waals surface area contributed by atoms with Crippen molar-refractivity contribution in [2.24, 2.45) is 0 Å². The second kappa shape index (κ2) is 4.93. The van der Waals surface area contributed by atoms with Gasteiger partial charge in [-0.15, -0.1) is 0 Å². The summed E-state index contributed by atoms with van der Waals surface area (Å²) in [7, 11) is 0. The highest BCUT2D eigenvalue weighted by atomic mass is 16.4. The van der Waals surface area contributed by atoms with Crippen molar-refractivity contribution in [3.8, 4) is 0 Å². The normalized spacial score (nSPS) is 9.50. The minimum atomic E-state index is -0.303. The van der Waals surface area contributed by atoms with Crippen molar-refractivity contribution >= 4 is 11.0 Å². The number of benzene rings is 1. The maximum Gasteiger partial charge on any atom is 0.335 e. The highest BCUT2D eigenvalue weighted by Crippen LogP contribution is 2.05. The van der Waals surface area contributed by atoms with E-state index >= 15 is 0 Å². The van der Waals surface area contributed by atoms with Gasteiger partial charge in [-0.2, -0.15) is 0 Å². The molecule has 4 nitrogen and oxygen atoms in total. The summed E-state index contributed by atoms with van der Waals surface area (Å²) in [4.78, 5) is 17.2. The summed E-state index contributed by atoms with van der Waals surface area (Å²) in [5.41, 5.74) is 1.82. The van der Waals surface area contributed by atoms with Gasteiger partial charge in [0.25, 0.3) is 0 Å². The third-order valence-corrected chi connectivity index (χ3v) is 1.93. The molecule has 0 saturated heterocycles. The van der Waals surface area contributed by atoms with Crippen LogP contribution in [0, 0.1) is 0 Å². The molecule has 0 bridgehead atoms. The fraction of sp³-hybridized carbons (Fsp3) is 0. The quantitative estimate of drug-likeness (QED) is 0.624. The molecule has 0 aliphatic rings. The summed E-state index contributed by atoms with van der Waals surface area (Å²) < 4.78 is 4.37. The first-order chi connectivity index (χ1) is 7.86. The van der Waals surface area contributed by atoms with E-state index in [9.17, 15) is 4.79 Å². The number of imidazole rings is 1. The lowest BCUT2D eigenvalue weighted by Gasteiger charge is -1.81. The zero-order chi connectivity index (χ0) is 11.2. The maximum absolute atomic E-state index is 10.1.